The molecule has 0 radical (unpaired) electrons. The van der Waals surface area contributed by atoms with Crippen LogP contribution in [0.25, 0.3) is 0 Å². The van der Waals surface area contributed by atoms with E-state index in [0.717, 1.165) is 39.4 Å². The number of guanidine groups is 1. The number of alkyl halides is 3. The second-order valence-electron chi connectivity index (χ2n) is 7.22. The molecule has 10 heteroatoms. The van der Waals surface area contributed by atoms with Crippen LogP contribution in [0.4, 0.5) is 13.2 Å². The third-order valence-electron chi connectivity index (χ3n) is 4.59. The van der Waals surface area contributed by atoms with Gasteiger partial charge in [0.25, 0.3) is 0 Å². The summed E-state index contributed by atoms with van der Waals surface area (Å²) in [4.78, 5) is 8.47. The van der Waals surface area contributed by atoms with E-state index in [1.54, 1.807) is 0 Å². The molecule has 2 fully saturated rings. The second-order valence-corrected chi connectivity index (χ2v) is 7.22. The summed E-state index contributed by atoms with van der Waals surface area (Å²) in [6.07, 6.45) is -3.44. The summed E-state index contributed by atoms with van der Waals surface area (Å²) in [5.74, 6) is 1.11. The van der Waals surface area contributed by atoms with Crippen molar-refractivity contribution in [3.8, 4) is 0 Å². The van der Waals surface area contributed by atoms with E-state index in [-0.39, 0.29) is 30.0 Å². The molecule has 0 bridgehead atoms. The lowest BCUT2D eigenvalue weighted by Crippen LogP contribution is -2.45. The molecule has 6 nitrogen and oxygen atoms in total. The fourth-order valence-electron chi connectivity index (χ4n) is 3.39. The lowest BCUT2D eigenvalue weighted by atomic mass is 10.1. The first-order valence-electron chi connectivity index (χ1n) is 9.49. The molecule has 0 amide bonds. The standard InChI is InChI=1S/C17H32F3N5O.HI/c1-3-21-16(22-10-14(2)11-24-6-8-26-9-7-24)23-15-4-5-25(12-15)13-17(18,19)20;/h14-15H,3-13H2,1-2H3,(H2,21,22,23);1H. The van der Waals surface area contributed by atoms with Crippen LogP contribution in [0.1, 0.15) is 20.3 Å². The van der Waals surface area contributed by atoms with Crippen molar-refractivity contribution in [1.29, 1.82) is 0 Å². The van der Waals surface area contributed by atoms with Crippen molar-refractivity contribution < 1.29 is 17.9 Å². The summed E-state index contributed by atoms with van der Waals surface area (Å²) in [5, 5.41) is 6.48. The van der Waals surface area contributed by atoms with Crippen LogP contribution in [-0.4, -0.2) is 93.5 Å². The number of aliphatic imine (C=N–C) groups is 1. The van der Waals surface area contributed by atoms with Gasteiger partial charge in [-0.3, -0.25) is 14.8 Å². The van der Waals surface area contributed by atoms with Gasteiger partial charge in [0.2, 0.25) is 0 Å². The molecule has 2 heterocycles. The Labute approximate surface area is 177 Å². The number of nitrogens with zero attached hydrogens (tertiary/aromatic N) is 3. The van der Waals surface area contributed by atoms with Gasteiger partial charge in [0, 0.05) is 51.9 Å². The minimum absolute atomic E-state index is 0. The molecular weight excluding hydrogens is 474 g/mol. The van der Waals surface area contributed by atoms with Gasteiger partial charge < -0.3 is 15.4 Å². The van der Waals surface area contributed by atoms with Crippen molar-refractivity contribution in [3.05, 3.63) is 0 Å². The Morgan fingerprint density at radius 3 is 2.56 bits per heavy atom. The van der Waals surface area contributed by atoms with Gasteiger partial charge >= 0.3 is 6.18 Å². The predicted molar refractivity (Wildman–Crippen MR) is 112 cm³/mol. The first-order valence-corrected chi connectivity index (χ1v) is 9.49. The molecule has 0 spiro atoms. The van der Waals surface area contributed by atoms with E-state index in [2.05, 4.69) is 27.4 Å². The van der Waals surface area contributed by atoms with Crippen LogP contribution in [-0.2, 0) is 4.74 Å². The highest BCUT2D eigenvalue weighted by molar-refractivity contribution is 14.0. The van der Waals surface area contributed by atoms with E-state index in [1.807, 2.05) is 6.92 Å². The van der Waals surface area contributed by atoms with E-state index in [9.17, 15) is 13.2 Å². The van der Waals surface area contributed by atoms with E-state index in [1.165, 1.54) is 4.90 Å². The smallest absolute Gasteiger partial charge is 0.379 e. The fourth-order valence-corrected chi connectivity index (χ4v) is 3.39. The van der Waals surface area contributed by atoms with Crippen molar-refractivity contribution in [2.45, 2.75) is 32.5 Å². The number of hydrogen-bond acceptors (Lipinski definition) is 4. The summed E-state index contributed by atoms with van der Waals surface area (Å²) in [6.45, 7) is 10.1. The summed E-state index contributed by atoms with van der Waals surface area (Å²) >= 11 is 0. The third kappa shape index (κ3) is 10.1. The number of morpholine rings is 1. The molecule has 0 aromatic rings. The predicted octanol–water partition coefficient (Wildman–Crippen LogP) is 1.76. The summed E-state index contributed by atoms with van der Waals surface area (Å²) in [5.41, 5.74) is 0. The molecule has 2 atom stereocenters. The maximum atomic E-state index is 12.5. The Balaban J connectivity index is 0.00000364. The van der Waals surface area contributed by atoms with Gasteiger partial charge in [0.05, 0.1) is 19.8 Å². The Morgan fingerprint density at radius 2 is 1.93 bits per heavy atom. The number of rotatable bonds is 7. The molecule has 2 unspecified atom stereocenters. The summed E-state index contributed by atoms with van der Waals surface area (Å²) in [6, 6.07) is 0.00435. The Hall–Kier alpha value is -0.330. The quantitative estimate of drug-likeness (QED) is 0.313. The van der Waals surface area contributed by atoms with Crippen LogP contribution in [0.15, 0.2) is 4.99 Å². The highest BCUT2D eigenvalue weighted by Crippen LogP contribution is 2.19. The second kappa shape index (κ2) is 12.3. The molecule has 0 saturated carbocycles. The number of hydrogen-bond donors (Lipinski definition) is 2. The largest absolute Gasteiger partial charge is 0.401 e. The van der Waals surface area contributed by atoms with Crippen molar-refractivity contribution in [1.82, 2.24) is 20.4 Å². The van der Waals surface area contributed by atoms with Gasteiger partial charge in [-0.05, 0) is 19.3 Å². The van der Waals surface area contributed by atoms with E-state index in [4.69, 9.17) is 4.74 Å². The molecule has 27 heavy (non-hydrogen) atoms. The number of nitrogens with one attached hydrogen (secondary N) is 2. The van der Waals surface area contributed by atoms with Crippen LogP contribution in [0.2, 0.25) is 0 Å². The van der Waals surface area contributed by atoms with Crippen molar-refractivity contribution in [2.24, 2.45) is 10.9 Å². The minimum atomic E-state index is -4.14. The van der Waals surface area contributed by atoms with E-state index in [0.29, 0.717) is 37.9 Å². The summed E-state index contributed by atoms with van der Waals surface area (Å²) < 4.78 is 42.9. The Kier molecular flexibility index (Phi) is 11.2. The fraction of sp³-hybridized carbons (Fsp3) is 0.941. The van der Waals surface area contributed by atoms with Gasteiger partial charge in [0.1, 0.15) is 0 Å². The topological polar surface area (TPSA) is 52.1 Å². The minimum Gasteiger partial charge on any atom is -0.379 e. The van der Waals surface area contributed by atoms with Crippen LogP contribution in [0.5, 0.6) is 0 Å². The monoisotopic (exact) mass is 507 g/mol. The average Bonchev–Trinajstić information content (AvgIpc) is 2.99. The van der Waals surface area contributed by atoms with Gasteiger partial charge in [-0.25, -0.2) is 0 Å². The third-order valence-corrected chi connectivity index (χ3v) is 4.59. The molecule has 2 aliphatic heterocycles. The average molecular weight is 507 g/mol. The van der Waals surface area contributed by atoms with Gasteiger partial charge in [-0.15, -0.1) is 24.0 Å². The lowest BCUT2D eigenvalue weighted by Gasteiger charge is -2.28. The molecule has 0 aromatic carbocycles. The molecular formula is C17H33F3IN5O. The van der Waals surface area contributed by atoms with Crippen LogP contribution in [0, 0.1) is 5.92 Å². The highest BCUT2D eigenvalue weighted by atomic mass is 127. The van der Waals surface area contributed by atoms with Crippen LogP contribution >= 0.6 is 24.0 Å². The maximum absolute atomic E-state index is 12.5. The molecule has 2 aliphatic rings. The molecule has 160 valence electrons. The number of likely N-dealkylation sites (tertiary alicyclic amines) is 1. The van der Waals surface area contributed by atoms with Gasteiger partial charge in [-0.2, -0.15) is 13.2 Å². The molecule has 0 aromatic heterocycles. The van der Waals surface area contributed by atoms with Gasteiger partial charge in [-0.1, -0.05) is 6.92 Å². The Morgan fingerprint density at radius 1 is 1.22 bits per heavy atom. The molecule has 2 N–H and O–H groups in total. The van der Waals surface area contributed by atoms with Gasteiger partial charge in [0.15, 0.2) is 5.96 Å². The maximum Gasteiger partial charge on any atom is 0.401 e. The summed E-state index contributed by atoms with van der Waals surface area (Å²) in [7, 11) is 0. The zero-order valence-corrected chi connectivity index (χ0v) is 18.6. The molecule has 2 saturated heterocycles. The van der Waals surface area contributed by atoms with Crippen LogP contribution in [0.3, 0.4) is 0 Å². The van der Waals surface area contributed by atoms with Crippen molar-refractivity contribution >= 4 is 29.9 Å². The van der Waals surface area contributed by atoms with Crippen molar-refractivity contribution in [3.63, 3.8) is 0 Å². The lowest BCUT2D eigenvalue weighted by molar-refractivity contribution is -0.143. The highest BCUT2D eigenvalue weighted by Gasteiger charge is 2.34. The Bertz CT molecular complexity index is 447. The SMILES string of the molecule is CCNC(=NCC(C)CN1CCOCC1)NC1CCN(CC(F)(F)F)C1.I. The first kappa shape index (κ1) is 24.7. The zero-order valence-electron chi connectivity index (χ0n) is 16.2. The number of halogens is 4. The van der Waals surface area contributed by atoms with E-state index < -0.39 is 12.7 Å². The van der Waals surface area contributed by atoms with Crippen molar-refractivity contribution in [2.75, 3.05) is 65.6 Å². The first-order chi connectivity index (χ1) is 12.4. The number of ether oxygens (including phenoxy) is 1. The van der Waals surface area contributed by atoms with E-state index >= 15 is 0 Å². The zero-order chi connectivity index (χ0) is 19.0. The molecule has 2 rings (SSSR count). The molecule has 0 aliphatic carbocycles. The normalized spacial score (nSPS) is 23.7. The van der Waals surface area contributed by atoms with Crippen LogP contribution < -0.4 is 10.6 Å².